The number of hydrogen-bond donors (Lipinski definition) is 1. The lowest BCUT2D eigenvalue weighted by atomic mass is 10.1. The molecule has 0 aliphatic carbocycles. The Bertz CT molecular complexity index is 459. The van der Waals surface area contributed by atoms with E-state index in [4.69, 9.17) is 5.11 Å². The zero-order chi connectivity index (χ0) is 14.0. The first kappa shape index (κ1) is 14.1. The molecule has 1 atom stereocenters. The van der Waals surface area contributed by atoms with Gasteiger partial charge in [-0.2, -0.15) is 0 Å². The normalized spacial score (nSPS) is 18.5. The second-order valence-electron chi connectivity index (χ2n) is 5.65. The van der Waals surface area contributed by atoms with Crippen LogP contribution in [0, 0.1) is 13.8 Å². The van der Waals surface area contributed by atoms with E-state index in [1.807, 2.05) is 13.8 Å². The van der Waals surface area contributed by atoms with E-state index in [0.717, 1.165) is 17.9 Å². The summed E-state index contributed by atoms with van der Waals surface area (Å²) in [6, 6.07) is 2.24. The molecule has 106 valence electrons. The van der Waals surface area contributed by atoms with Crippen molar-refractivity contribution in [2.24, 2.45) is 0 Å². The molecule has 2 rings (SSSR count). The lowest BCUT2D eigenvalue weighted by molar-refractivity contribution is 0.0695. The van der Waals surface area contributed by atoms with Crippen molar-refractivity contribution in [3.63, 3.8) is 0 Å². The van der Waals surface area contributed by atoms with Gasteiger partial charge < -0.3 is 9.67 Å². The van der Waals surface area contributed by atoms with Crippen molar-refractivity contribution >= 4 is 5.97 Å². The van der Waals surface area contributed by atoms with E-state index in [2.05, 4.69) is 16.4 Å². The fourth-order valence-corrected chi connectivity index (χ4v) is 3.04. The first-order valence-electron chi connectivity index (χ1n) is 7.14. The number of aromatic carboxylic acids is 1. The van der Waals surface area contributed by atoms with E-state index in [0.29, 0.717) is 11.6 Å². The summed E-state index contributed by atoms with van der Waals surface area (Å²) in [6.07, 6.45) is 3.91. The Morgan fingerprint density at radius 3 is 2.47 bits per heavy atom. The van der Waals surface area contributed by atoms with Crippen molar-refractivity contribution in [3.05, 3.63) is 23.0 Å². The van der Waals surface area contributed by atoms with E-state index >= 15 is 0 Å². The molecule has 0 radical (unpaired) electrons. The van der Waals surface area contributed by atoms with Crippen LogP contribution in [0.25, 0.3) is 0 Å². The minimum absolute atomic E-state index is 0.434. The van der Waals surface area contributed by atoms with Gasteiger partial charge in [0.05, 0.1) is 5.56 Å². The summed E-state index contributed by atoms with van der Waals surface area (Å²) in [5.41, 5.74) is 2.34. The zero-order valence-electron chi connectivity index (χ0n) is 12.1. The summed E-state index contributed by atoms with van der Waals surface area (Å²) < 4.78 is 2.14. The number of nitrogens with zero attached hydrogens (tertiary/aromatic N) is 2. The lowest BCUT2D eigenvalue weighted by Crippen LogP contribution is -2.40. The molecule has 0 spiro atoms. The van der Waals surface area contributed by atoms with Crippen LogP contribution in [-0.2, 0) is 6.54 Å². The van der Waals surface area contributed by atoms with E-state index in [1.165, 1.54) is 32.4 Å². The number of aryl methyl sites for hydroxylation is 1. The third-order valence-electron chi connectivity index (χ3n) is 4.26. The molecule has 4 nitrogen and oxygen atoms in total. The second-order valence-corrected chi connectivity index (χ2v) is 5.65. The number of carboxylic acid groups (broad SMARTS) is 1. The van der Waals surface area contributed by atoms with Crippen molar-refractivity contribution in [1.29, 1.82) is 0 Å². The predicted molar refractivity (Wildman–Crippen MR) is 75.8 cm³/mol. The first-order valence-corrected chi connectivity index (χ1v) is 7.14. The fourth-order valence-electron chi connectivity index (χ4n) is 3.04. The number of rotatable bonds is 4. The highest BCUT2D eigenvalue weighted by molar-refractivity contribution is 5.89. The van der Waals surface area contributed by atoms with Gasteiger partial charge in [0.15, 0.2) is 0 Å². The van der Waals surface area contributed by atoms with E-state index in [9.17, 15) is 4.79 Å². The van der Waals surface area contributed by atoms with Crippen LogP contribution in [0.15, 0.2) is 6.07 Å². The average molecular weight is 264 g/mol. The van der Waals surface area contributed by atoms with Crippen LogP contribution < -0.4 is 0 Å². The summed E-state index contributed by atoms with van der Waals surface area (Å²) in [5.74, 6) is -0.829. The highest BCUT2D eigenvalue weighted by Gasteiger charge is 2.20. The standard InChI is InChI=1S/C15H24N2O2/c1-11-9-14(15(18)19)13(3)17(11)10-12(2)16-7-5-4-6-8-16/h9,12H,4-8,10H2,1-3H3,(H,18,19). The topological polar surface area (TPSA) is 45.5 Å². The Kier molecular flexibility index (Phi) is 4.30. The summed E-state index contributed by atoms with van der Waals surface area (Å²) in [5, 5.41) is 9.16. The molecule has 1 aliphatic rings. The van der Waals surface area contributed by atoms with Crippen LogP contribution >= 0.6 is 0 Å². The molecule has 1 unspecified atom stereocenters. The van der Waals surface area contributed by atoms with E-state index in [-0.39, 0.29) is 0 Å². The fraction of sp³-hybridized carbons (Fsp3) is 0.667. The van der Waals surface area contributed by atoms with Gasteiger partial charge in [-0.25, -0.2) is 4.79 Å². The van der Waals surface area contributed by atoms with Gasteiger partial charge in [-0.1, -0.05) is 6.42 Å². The van der Waals surface area contributed by atoms with Crippen LogP contribution in [0.2, 0.25) is 0 Å². The molecule has 4 heteroatoms. The van der Waals surface area contributed by atoms with Crippen LogP contribution in [0.5, 0.6) is 0 Å². The monoisotopic (exact) mass is 264 g/mol. The molecular formula is C15H24N2O2. The molecule has 19 heavy (non-hydrogen) atoms. The highest BCUT2D eigenvalue weighted by Crippen LogP contribution is 2.18. The minimum atomic E-state index is -0.829. The van der Waals surface area contributed by atoms with Crippen molar-refractivity contribution in [2.45, 2.75) is 52.6 Å². The van der Waals surface area contributed by atoms with Gasteiger partial charge >= 0.3 is 5.97 Å². The van der Waals surface area contributed by atoms with Gasteiger partial charge in [-0.3, -0.25) is 4.90 Å². The van der Waals surface area contributed by atoms with Gasteiger partial charge in [0.25, 0.3) is 0 Å². The molecule has 1 aromatic rings. The summed E-state index contributed by atoms with van der Waals surface area (Å²) in [7, 11) is 0. The van der Waals surface area contributed by atoms with Crippen molar-refractivity contribution in [2.75, 3.05) is 13.1 Å². The second kappa shape index (κ2) is 5.78. The van der Waals surface area contributed by atoms with Crippen LogP contribution in [0.4, 0.5) is 0 Å². The average Bonchev–Trinajstić information content (AvgIpc) is 2.68. The summed E-state index contributed by atoms with van der Waals surface area (Å²) in [4.78, 5) is 13.7. The number of carboxylic acids is 1. The molecule has 2 heterocycles. The van der Waals surface area contributed by atoms with Gasteiger partial charge in [0.2, 0.25) is 0 Å². The molecule has 0 saturated carbocycles. The van der Waals surface area contributed by atoms with Crippen molar-refractivity contribution in [3.8, 4) is 0 Å². The molecule has 0 amide bonds. The molecular weight excluding hydrogens is 240 g/mol. The largest absolute Gasteiger partial charge is 0.478 e. The zero-order valence-corrected chi connectivity index (χ0v) is 12.1. The number of likely N-dealkylation sites (tertiary alicyclic amines) is 1. The Balaban J connectivity index is 2.12. The number of carbonyl (C=O) groups is 1. The number of hydrogen-bond acceptors (Lipinski definition) is 2. The molecule has 1 N–H and O–H groups in total. The Labute approximate surface area is 115 Å². The van der Waals surface area contributed by atoms with Crippen LogP contribution in [0.3, 0.4) is 0 Å². The minimum Gasteiger partial charge on any atom is -0.478 e. The third kappa shape index (κ3) is 3.00. The van der Waals surface area contributed by atoms with Crippen molar-refractivity contribution in [1.82, 2.24) is 9.47 Å². The van der Waals surface area contributed by atoms with Crippen LogP contribution in [-0.4, -0.2) is 39.7 Å². The smallest absolute Gasteiger partial charge is 0.337 e. The predicted octanol–water partition coefficient (Wildman–Crippen LogP) is 2.68. The van der Waals surface area contributed by atoms with E-state index in [1.54, 1.807) is 6.07 Å². The first-order chi connectivity index (χ1) is 9.00. The molecule has 1 aromatic heterocycles. The summed E-state index contributed by atoms with van der Waals surface area (Å²) in [6.45, 7) is 9.36. The number of aromatic nitrogens is 1. The van der Waals surface area contributed by atoms with Crippen molar-refractivity contribution < 1.29 is 9.90 Å². The molecule has 0 aromatic carbocycles. The maximum Gasteiger partial charge on any atom is 0.337 e. The van der Waals surface area contributed by atoms with Gasteiger partial charge in [0, 0.05) is 24.0 Å². The molecule has 0 bridgehead atoms. The Morgan fingerprint density at radius 2 is 1.95 bits per heavy atom. The maximum atomic E-state index is 11.2. The molecule has 1 saturated heterocycles. The summed E-state index contributed by atoms with van der Waals surface area (Å²) >= 11 is 0. The van der Waals surface area contributed by atoms with Gasteiger partial charge in [0.1, 0.15) is 0 Å². The van der Waals surface area contributed by atoms with Crippen LogP contribution in [0.1, 0.15) is 47.9 Å². The maximum absolute atomic E-state index is 11.2. The molecule has 1 aliphatic heterocycles. The highest BCUT2D eigenvalue weighted by atomic mass is 16.4. The number of piperidine rings is 1. The third-order valence-corrected chi connectivity index (χ3v) is 4.26. The quantitative estimate of drug-likeness (QED) is 0.909. The Morgan fingerprint density at radius 1 is 1.32 bits per heavy atom. The Hall–Kier alpha value is -1.29. The van der Waals surface area contributed by atoms with Gasteiger partial charge in [-0.05, 0) is 52.8 Å². The van der Waals surface area contributed by atoms with Gasteiger partial charge in [-0.15, -0.1) is 0 Å². The SMILES string of the molecule is Cc1cc(C(=O)O)c(C)n1CC(C)N1CCCCC1. The van der Waals surface area contributed by atoms with E-state index < -0.39 is 5.97 Å². The lowest BCUT2D eigenvalue weighted by Gasteiger charge is -2.33. The molecule has 1 fully saturated rings.